The molecule has 1 atom stereocenters. The van der Waals surface area contributed by atoms with Crippen molar-refractivity contribution in [2.45, 2.75) is 30.2 Å². The first-order valence-electron chi connectivity index (χ1n) is 9.53. The molecule has 1 aromatic carbocycles. The molecule has 2 aromatic rings. The number of benzene rings is 1. The molecule has 1 aromatic heterocycles. The van der Waals surface area contributed by atoms with Gasteiger partial charge in [0.1, 0.15) is 22.3 Å². The fourth-order valence-corrected chi connectivity index (χ4v) is 3.99. The highest BCUT2D eigenvalue weighted by Gasteiger charge is 2.41. The predicted octanol–water partition coefficient (Wildman–Crippen LogP) is 3.38. The van der Waals surface area contributed by atoms with Crippen molar-refractivity contribution in [2.24, 2.45) is 0 Å². The van der Waals surface area contributed by atoms with Gasteiger partial charge in [-0.2, -0.15) is 13.2 Å². The van der Waals surface area contributed by atoms with Crippen molar-refractivity contribution in [3.05, 3.63) is 41.0 Å². The zero-order valence-corrected chi connectivity index (χ0v) is 19.3. The Morgan fingerprint density at radius 3 is 2.42 bits per heavy atom. The van der Waals surface area contributed by atoms with E-state index in [1.165, 1.54) is 11.1 Å². The van der Waals surface area contributed by atoms with E-state index in [1.807, 2.05) is 0 Å². The number of aromatic nitrogens is 1. The lowest BCUT2D eigenvalue weighted by Crippen LogP contribution is -2.56. The van der Waals surface area contributed by atoms with Gasteiger partial charge in [0.05, 0.1) is 25.2 Å². The molecule has 0 N–H and O–H groups in total. The van der Waals surface area contributed by atoms with Crippen molar-refractivity contribution in [1.29, 1.82) is 0 Å². The smallest absolute Gasteiger partial charge is 0.425 e. The molecule has 0 radical (unpaired) electrons. The fraction of sp³-hybridized carbons (Fsp3) is 0.400. The molecule has 0 bridgehead atoms. The summed E-state index contributed by atoms with van der Waals surface area (Å²) < 4.78 is 79.2. The third kappa shape index (κ3) is 5.61. The normalized spacial score (nSPS) is 15.5. The number of rotatable bonds is 7. The second-order valence-corrected chi connectivity index (χ2v) is 9.73. The van der Waals surface area contributed by atoms with Crippen molar-refractivity contribution in [2.75, 3.05) is 26.5 Å². The minimum Gasteiger partial charge on any atom is -0.494 e. The molecule has 1 aliphatic rings. The quantitative estimate of drug-likeness (QED) is 0.566. The highest BCUT2D eigenvalue weighted by Crippen LogP contribution is 2.38. The van der Waals surface area contributed by atoms with E-state index in [0.29, 0.717) is 5.02 Å². The molecular formula is C20H20ClF3N2O6S. The van der Waals surface area contributed by atoms with Crippen molar-refractivity contribution < 1.29 is 40.6 Å². The minimum atomic E-state index is -4.70. The van der Waals surface area contributed by atoms with E-state index in [-0.39, 0.29) is 23.9 Å². The zero-order chi connectivity index (χ0) is 24.6. The molecule has 180 valence electrons. The lowest BCUT2D eigenvalue weighted by molar-refractivity contribution is -0.189. The van der Waals surface area contributed by atoms with Crippen LogP contribution in [0.5, 0.6) is 17.4 Å². The van der Waals surface area contributed by atoms with Crippen LogP contribution in [0.25, 0.3) is 0 Å². The summed E-state index contributed by atoms with van der Waals surface area (Å²) in [6.45, 7) is 0.950. The molecule has 1 amide bonds. The van der Waals surface area contributed by atoms with E-state index in [2.05, 4.69) is 4.98 Å². The van der Waals surface area contributed by atoms with Crippen LogP contribution in [0.1, 0.15) is 17.3 Å². The summed E-state index contributed by atoms with van der Waals surface area (Å²) in [6, 6.07) is 5.19. The maximum Gasteiger partial charge on any atom is 0.425 e. The number of halogens is 4. The van der Waals surface area contributed by atoms with Gasteiger partial charge in [-0.05, 0) is 25.1 Å². The monoisotopic (exact) mass is 508 g/mol. The lowest BCUT2D eigenvalue weighted by Gasteiger charge is -2.39. The largest absolute Gasteiger partial charge is 0.494 e. The van der Waals surface area contributed by atoms with Crippen molar-refractivity contribution in [3.63, 3.8) is 0 Å². The molecule has 1 fully saturated rings. The summed E-state index contributed by atoms with van der Waals surface area (Å²) in [5.41, 5.74) is -0.417. The molecule has 33 heavy (non-hydrogen) atoms. The first-order valence-corrected chi connectivity index (χ1v) is 11.8. The third-order valence-electron chi connectivity index (χ3n) is 4.79. The van der Waals surface area contributed by atoms with Gasteiger partial charge in [0.2, 0.25) is 5.88 Å². The second kappa shape index (κ2) is 9.26. The van der Waals surface area contributed by atoms with E-state index in [9.17, 15) is 26.4 Å². The highest BCUT2D eigenvalue weighted by atomic mass is 35.5. The Hall–Kier alpha value is -2.73. The number of hydrogen-bond donors (Lipinski definition) is 0. The summed E-state index contributed by atoms with van der Waals surface area (Å²) in [6.07, 6.45) is -5.09. The Kier molecular flexibility index (Phi) is 6.99. The van der Waals surface area contributed by atoms with Crippen LogP contribution < -0.4 is 14.2 Å². The molecule has 8 nitrogen and oxygen atoms in total. The van der Waals surface area contributed by atoms with E-state index in [0.717, 1.165) is 32.4 Å². The fourth-order valence-electron chi connectivity index (χ4n) is 3.04. The maximum atomic E-state index is 13.2. The number of alkyl halides is 3. The van der Waals surface area contributed by atoms with Gasteiger partial charge in [-0.25, -0.2) is 13.4 Å². The van der Waals surface area contributed by atoms with Gasteiger partial charge in [0, 0.05) is 18.5 Å². The van der Waals surface area contributed by atoms with Gasteiger partial charge < -0.3 is 19.1 Å². The topological polar surface area (TPSA) is 95.0 Å². The van der Waals surface area contributed by atoms with Crippen LogP contribution in [-0.2, 0) is 9.84 Å². The predicted molar refractivity (Wildman–Crippen MR) is 112 cm³/mol. The van der Waals surface area contributed by atoms with Crippen LogP contribution in [0, 0.1) is 0 Å². The van der Waals surface area contributed by atoms with Gasteiger partial charge >= 0.3 is 6.18 Å². The number of carbonyl (C=O) groups excluding carboxylic acids is 1. The standard InChI is InChI=1S/C20H20ClF3N2O6S/c1-11(20(22,23)24)31-14-5-6-15(33(3,28)29)18(30-2)17(14)19(27)26-9-13(10-26)32-16-7-4-12(21)8-25-16/h4-8,11,13H,9-10H2,1-3H3. The maximum absolute atomic E-state index is 13.2. The number of hydrogen-bond acceptors (Lipinski definition) is 7. The van der Waals surface area contributed by atoms with Gasteiger partial charge in [-0.3, -0.25) is 4.79 Å². The third-order valence-corrected chi connectivity index (χ3v) is 6.13. The first-order chi connectivity index (χ1) is 15.3. The van der Waals surface area contributed by atoms with Gasteiger partial charge in [0.15, 0.2) is 21.7 Å². The number of carbonyl (C=O) groups is 1. The number of likely N-dealkylation sites (tertiary alicyclic amines) is 1. The molecule has 2 heterocycles. The highest BCUT2D eigenvalue weighted by molar-refractivity contribution is 7.90. The number of sulfone groups is 1. The van der Waals surface area contributed by atoms with Gasteiger partial charge in [-0.1, -0.05) is 11.6 Å². The lowest BCUT2D eigenvalue weighted by atomic mass is 10.1. The van der Waals surface area contributed by atoms with Crippen molar-refractivity contribution in [3.8, 4) is 17.4 Å². The van der Waals surface area contributed by atoms with Crippen molar-refractivity contribution in [1.82, 2.24) is 9.88 Å². The molecule has 0 saturated carbocycles. The Morgan fingerprint density at radius 1 is 1.24 bits per heavy atom. The summed E-state index contributed by atoms with van der Waals surface area (Å²) in [7, 11) is -2.74. The van der Waals surface area contributed by atoms with Crippen molar-refractivity contribution >= 4 is 27.3 Å². The SMILES string of the molecule is COc1c(S(C)(=O)=O)ccc(OC(C)C(F)(F)F)c1C(=O)N1CC(Oc2ccc(Cl)cn2)C1. The summed E-state index contributed by atoms with van der Waals surface area (Å²) in [5.74, 6) is -1.31. The van der Waals surface area contributed by atoms with Gasteiger partial charge in [0.25, 0.3) is 5.91 Å². The average molecular weight is 509 g/mol. The summed E-state index contributed by atoms with van der Waals surface area (Å²) in [4.78, 5) is 18.1. The average Bonchev–Trinajstić information content (AvgIpc) is 2.69. The number of methoxy groups -OCH3 is 1. The Bertz CT molecular complexity index is 1140. The van der Waals surface area contributed by atoms with Crippen LogP contribution in [0.15, 0.2) is 35.4 Å². The van der Waals surface area contributed by atoms with Crippen LogP contribution in [-0.4, -0.2) is 69.0 Å². The molecule has 1 unspecified atom stereocenters. The van der Waals surface area contributed by atoms with Crippen LogP contribution >= 0.6 is 11.6 Å². The molecule has 13 heteroatoms. The number of ether oxygens (including phenoxy) is 3. The first kappa shape index (κ1) is 24.9. The Morgan fingerprint density at radius 2 is 1.91 bits per heavy atom. The number of nitrogens with zero attached hydrogens (tertiary/aromatic N) is 2. The molecule has 3 rings (SSSR count). The Balaban J connectivity index is 1.89. The van der Waals surface area contributed by atoms with Crippen LogP contribution in [0.4, 0.5) is 13.2 Å². The number of amides is 1. The summed E-state index contributed by atoms with van der Waals surface area (Å²) in [5, 5.41) is 0.422. The molecule has 1 saturated heterocycles. The Labute approximate surface area is 193 Å². The molecule has 0 aliphatic carbocycles. The van der Waals surface area contributed by atoms with Gasteiger partial charge in [-0.15, -0.1) is 0 Å². The molecular weight excluding hydrogens is 489 g/mol. The molecule has 1 aliphatic heterocycles. The second-order valence-electron chi connectivity index (χ2n) is 7.31. The van der Waals surface area contributed by atoms with Crippen LogP contribution in [0.2, 0.25) is 5.02 Å². The minimum absolute atomic E-state index is 0.0870. The molecule has 0 spiro atoms. The van der Waals surface area contributed by atoms with E-state index >= 15 is 0 Å². The zero-order valence-electron chi connectivity index (χ0n) is 17.7. The van der Waals surface area contributed by atoms with E-state index in [1.54, 1.807) is 12.1 Å². The summed E-state index contributed by atoms with van der Waals surface area (Å²) >= 11 is 5.77. The van der Waals surface area contributed by atoms with E-state index < -0.39 is 51.2 Å². The van der Waals surface area contributed by atoms with Crippen LogP contribution in [0.3, 0.4) is 0 Å². The van der Waals surface area contributed by atoms with E-state index in [4.69, 9.17) is 25.8 Å². The number of pyridine rings is 1.